The lowest BCUT2D eigenvalue weighted by Gasteiger charge is -2.02. The zero-order valence-electron chi connectivity index (χ0n) is 12.7. The van der Waals surface area contributed by atoms with Gasteiger partial charge in [0.15, 0.2) is 0 Å². The molecule has 0 spiro atoms. The molecule has 0 aromatic carbocycles. The van der Waals surface area contributed by atoms with Crippen molar-refractivity contribution in [1.29, 1.82) is 0 Å². The number of aromatic nitrogens is 3. The van der Waals surface area contributed by atoms with Crippen molar-refractivity contribution in [2.45, 2.75) is 17.7 Å². The maximum atomic E-state index is 12.2. The highest BCUT2D eigenvalue weighted by Gasteiger charge is 2.17. The Bertz CT molecular complexity index is 914. The molecule has 0 aliphatic heterocycles. The van der Waals surface area contributed by atoms with Crippen LogP contribution in [0.5, 0.6) is 0 Å². The van der Waals surface area contributed by atoms with Crippen LogP contribution in [0.3, 0.4) is 0 Å². The second-order valence-corrected chi connectivity index (χ2v) is 8.35. The molecule has 0 fully saturated rings. The average Bonchev–Trinajstić information content (AvgIpc) is 3.13. The zero-order valence-corrected chi connectivity index (χ0v) is 14.4. The van der Waals surface area contributed by atoms with Crippen molar-refractivity contribution in [3.63, 3.8) is 0 Å². The molecule has 8 heteroatoms. The molecule has 0 unspecified atom stereocenters. The van der Waals surface area contributed by atoms with Crippen LogP contribution in [0.1, 0.15) is 10.6 Å². The van der Waals surface area contributed by atoms with E-state index in [1.54, 1.807) is 29.2 Å². The molecule has 6 nitrogen and oxygen atoms in total. The third-order valence-electron chi connectivity index (χ3n) is 3.33. The van der Waals surface area contributed by atoms with E-state index in [9.17, 15) is 8.42 Å². The maximum absolute atomic E-state index is 12.2. The molecule has 1 N–H and O–H groups in total. The summed E-state index contributed by atoms with van der Waals surface area (Å²) in [7, 11) is -1.67. The van der Waals surface area contributed by atoms with Crippen molar-refractivity contribution < 1.29 is 8.42 Å². The zero-order chi connectivity index (χ0) is 16.4. The predicted molar refractivity (Wildman–Crippen MR) is 89.5 cm³/mol. The van der Waals surface area contributed by atoms with E-state index < -0.39 is 10.0 Å². The molecule has 23 heavy (non-hydrogen) atoms. The second kappa shape index (κ2) is 6.23. The van der Waals surface area contributed by atoms with Gasteiger partial charge in [0.05, 0.1) is 17.9 Å². The number of aryl methyl sites for hydroxylation is 2. The van der Waals surface area contributed by atoms with E-state index in [1.165, 1.54) is 11.3 Å². The second-order valence-electron chi connectivity index (χ2n) is 5.07. The van der Waals surface area contributed by atoms with E-state index >= 15 is 0 Å². The van der Waals surface area contributed by atoms with Gasteiger partial charge in [0.1, 0.15) is 4.21 Å². The molecular weight excluding hydrogens is 332 g/mol. The molecule has 0 aliphatic carbocycles. The summed E-state index contributed by atoms with van der Waals surface area (Å²) >= 11 is 1.25. The topological polar surface area (TPSA) is 76.9 Å². The van der Waals surface area contributed by atoms with E-state index in [0.717, 1.165) is 16.1 Å². The predicted octanol–water partition coefficient (Wildman–Crippen LogP) is 2.33. The third kappa shape index (κ3) is 3.49. The number of hydrogen-bond acceptors (Lipinski definition) is 5. The van der Waals surface area contributed by atoms with Crippen molar-refractivity contribution in [2.75, 3.05) is 0 Å². The highest BCUT2D eigenvalue weighted by atomic mass is 32.2. The van der Waals surface area contributed by atoms with Crippen molar-refractivity contribution in [1.82, 2.24) is 19.5 Å². The van der Waals surface area contributed by atoms with Crippen LogP contribution in [0.15, 0.2) is 46.9 Å². The fourth-order valence-corrected chi connectivity index (χ4v) is 4.53. The van der Waals surface area contributed by atoms with Crippen LogP contribution in [-0.4, -0.2) is 23.2 Å². The smallest absolute Gasteiger partial charge is 0.250 e. The minimum Gasteiger partial charge on any atom is -0.268 e. The SMILES string of the molecule is Cc1ccc(S(=O)(=O)NCc2cc(-c3ccncc3)n(C)n2)s1. The molecule has 3 heterocycles. The van der Waals surface area contributed by atoms with Gasteiger partial charge >= 0.3 is 0 Å². The number of rotatable bonds is 5. The van der Waals surface area contributed by atoms with Crippen LogP contribution in [0, 0.1) is 6.92 Å². The van der Waals surface area contributed by atoms with E-state index in [2.05, 4.69) is 14.8 Å². The van der Waals surface area contributed by atoms with Crippen LogP contribution < -0.4 is 4.72 Å². The van der Waals surface area contributed by atoms with E-state index in [0.29, 0.717) is 9.90 Å². The Morgan fingerprint density at radius 2 is 1.96 bits per heavy atom. The van der Waals surface area contributed by atoms with Gasteiger partial charge in [-0.15, -0.1) is 11.3 Å². The summed E-state index contributed by atoms with van der Waals surface area (Å²) in [6.45, 7) is 2.03. The molecular formula is C15H16N4O2S2. The Morgan fingerprint density at radius 1 is 1.22 bits per heavy atom. The molecule has 0 aliphatic rings. The number of nitrogens with zero attached hydrogens (tertiary/aromatic N) is 3. The van der Waals surface area contributed by atoms with Gasteiger partial charge in [-0.25, -0.2) is 13.1 Å². The fraction of sp³-hybridized carbons (Fsp3) is 0.200. The largest absolute Gasteiger partial charge is 0.268 e. The summed E-state index contributed by atoms with van der Waals surface area (Å²) in [5.41, 5.74) is 2.56. The Labute approximate surface area is 138 Å². The summed E-state index contributed by atoms with van der Waals surface area (Å²) in [6, 6.07) is 9.06. The highest BCUT2D eigenvalue weighted by molar-refractivity contribution is 7.91. The molecule has 0 bridgehead atoms. The molecule has 0 amide bonds. The highest BCUT2D eigenvalue weighted by Crippen LogP contribution is 2.21. The van der Waals surface area contributed by atoms with Gasteiger partial charge in [-0.3, -0.25) is 9.67 Å². The summed E-state index contributed by atoms with van der Waals surface area (Å²) < 4.78 is 29.1. The average molecular weight is 348 g/mol. The molecule has 3 aromatic heterocycles. The lowest BCUT2D eigenvalue weighted by molar-refractivity contribution is 0.581. The molecule has 120 valence electrons. The van der Waals surface area contributed by atoms with Gasteiger partial charge in [0, 0.05) is 29.9 Å². The van der Waals surface area contributed by atoms with Gasteiger partial charge < -0.3 is 0 Å². The first-order valence-corrected chi connectivity index (χ1v) is 9.25. The Morgan fingerprint density at radius 3 is 2.61 bits per heavy atom. The Balaban J connectivity index is 1.77. The van der Waals surface area contributed by atoms with Gasteiger partial charge in [0.2, 0.25) is 10.0 Å². The first-order chi connectivity index (χ1) is 11.0. The fourth-order valence-electron chi connectivity index (χ4n) is 2.20. The quantitative estimate of drug-likeness (QED) is 0.768. The first-order valence-electron chi connectivity index (χ1n) is 6.95. The van der Waals surface area contributed by atoms with Crippen LogP contribution in [-0.2, 0) is 23.6 Å². The van der Waals surface area contributed by atoms with E-state index in [-0.39, 0.29) is 6.54 Å². The molecule has 0 atom stereocenters. The van der Waals surface area contributed by atoms with Gasteiger partial charge in [0.25, 0.3) is 0 Å². The lowest BCUT2D eigenvalue weighted by atomic mass is 10.2. The van der Waals surface area contributed by atoms with Gasteiger partial charge in [-0.05, 0) is 37.3 Å². The molecule has 3 aromatic rings. The molecule has 0 saturated heterocycles. The van der Waals surface area contributed by atoms with Crippen LogP contribution >= 0.6 is 11.3 Å². The van der Waals surface area contributed by atoms with E-state index in [4.69, 9.17) is 0 Å². The number of pyridine rings is 1. The minimum atomic E-state index is -3.50. The van der Waals surface area contributed by atoms with Crippen molar-refractivity contribution in [3.8, 4) is 11.3 Å². The standard InChI is InChI=1S/C15H16N4O2S2/c1-11-3-4-15(22-11)23(20,21)17-10-13-9-14(19(2)18-13)12-5-7-16-8-6-12/h3-9,17H,10H2,1-2H3. The van der Waals surface area contributed by atoms with Crippen molar-refractivity contribution in [2.24, 2.45) is 7.05 Å². The molecule has 3 rings (SSSR count). The van der Waals surface area contributed by atoms with Crippen molar-refractivity contribution in [3.05, 3.63) is 53.3 Å². The molecule has 0 radical (unpaired) electrons. The number of hydrogen-bond donors (Lipinski definition) is 1. The summed E-state index contributed by atoms with van der Waals surface area (Å²) in [6.07, 6.45) is 3.42. The third-order valence-corrected chi connectivity index (χ3v) is 6.22. The van der Waals surface area contributed by atoms with Gasteiger partial charge in [-0.2, -0.15) is 5.10 Å². The summed E-state index contributed by atoms with van der Waals surface area (Å²) in [4.78, 5) is 4.95. The van der Waals surface area contributed by atoms with Crippen LogP contribution in [0.25, 0.3) is 11.3 Å². The number of nitrogens with one attached hydrogen (secondary N) is 1. The number of sulfonamides is 1. The maximum Gasteiger partial charge on any atom is 0.250 e. The minimum absolute atomic E-state index is 0.151. The Hall–Kier alpha value is -2.03. The van der Waals surface area contributed by atoms with Gasteiger partial charge in [-0.1, -0.05) is 0 Å². The van der Waals surface area contributed by atoms with E-state index in [1.807, 2.05) is 32.2 Å². The normalized spacial score (nSPS) is 11.7. The first kappa shape index (κ1) is 15.9. The summed E-state index contributed by atoms with van der Waals surface area (Å²) in [5, 5.41) is 4.36. The number of thiophene rings is 1. The molecule has 0 saturated carbocycles. The van der Waals surface area contributed by atoms with Crippen molar-refractivity contribution >= 4 is 21.4 Å². The summed E-state index contributed by atoms with van der Waals surface area (Å²) in [5.74, 6) is 0. The monoisotopic (exact) mass is 348 g/mol. The Kier molecular flexibility index (Phi) is 4.29. The van der Waals surface area contributed by atoms with Crippen LogP contribution in [0.2, 0.25) is 0 Å². The van der Waals surface area contributed by atoms with Crippen LogP contribution in [0.4, 0.5) is 0 Å². The lowest BCUT2D eigenvalue weighted by Crippen LogP contribution is -2.22.